The molecule has 1 aliphatic heterocycles. The topological polar surface area (TPSA) is 256 Å². The zero-order valence-corrected chi connectivity index (χ0v) is 34.1. The number of carbonyl (C=O) groups is 3. The molecule has 58 heavy (non-hydrogen) atoms. The minimum atomic E-state index is -4.96. The highest BCUT2D eigenvalue weighted by molar-refractivity contribution is 7.82. The maximum atomic E-state index is 13.4. The number of benzene rings is 2. The molecule has 1 fully saturated rings. The highest BCUT2D eigenvalue weighted by Crippen LogP contribution is 2.39. The van der Waals surface area contributed by atoms with Gasteiger partial charge >= 0.3 is 22.3 Å². The van der Waals surface area contributed by atoms with Gasteiger partial charge in [0.1, 0.15) is 30.3 Å². The van der Waals surface area contributed by atoms with E-state index in [-0.39, 0.29) is 72.7 Å². The molecule has 0 saturated carbocycles. The molecule has 1 unspecified atom stereocenters. The number of rotatable bonds is 26. The van der Waals surface area contributed by atoms with Crippen LogP contribution in [-0.4, -0.2) is 117 Å². The van der Waals surface area contributed by atoms with Crippen LogP contribution in [0.15, 0.2) is 35.4 Å². The summed E-state index contributed by atoms with van der Waals surface area (Å²) < 4.78 is 87.2. The number of hydrogen-bond donors (Lipinski definition) is 1. The van der Waals surface area contributed by atoms with Crippen LogP contribution in [0.25, 0.3) is 10.4 Å². The molecule has 1 heterocycles. The molecule has 0 spiro atoms. The number of azide groups is 1. The number of Topliss-reactive ketones (excluding diaryl/α,β-unsaturated/α-hetero) is 1. The lowest BCUT2D eigenvalue weighted by molar-refractivity contribution is -0.248. The van der Waals surface area contributed by atoms with Crippen molar-refractivity contribution in [2.24, 2.45) is 17.0 Å². The van der Waals surface area contributed by atoms with Crippen molar-refractivity contribution in [3.8, 4) is 28.7 Å². The Morgan fingerprint density at radius 1 is 0.845 bits per heavy atom. The number of nitrogens with zero attached hydrogens (tertiary/aromatic N) is 3. The number of hydrogen-bond acceptors (Lipinski definition) is 18. The van der Waals surface area contributed by atoms with Gasteiger partial charge in [0, 0.05) is 67.9 Å². The van der Waals surface area contributed by atoms with E-state index in [4.69, 9.17) is 56.5 Å². The lowest BCUT2D eigenvalue weighted by Crippen LogP contribution is -2.54. The Bertz CT molecular complexity index is 1800. The molecule has 2 aromatic rings. The van der Waals surface area contributed by atoms with Crippen molar-refractivity contribution in [1.82, 2.24) is 0 Å². The second-order valence-corrected chi connectivity index (χ2v) is 13.9. The van der Waals surface area contributed by atoms with Gasteiger partial charge in [-0.2, -0.15) is 0 Å². The van der Waals surface area contributed by atoms with Gasteiger partial charge in [-0.3, -0.25) is 14.4 Å². The number of carbonyl (C=O) groups excluding carboxylic acids is 3. The monoisotopic (exact) mass is 841 g/mol. The first-order valence-corrected chi connectivity index (χ1v) is 19.6. The van der Waals surface area contributed by atoms with E-state index >= 15 is 0 Å². The summed E-state index contributed by atoms with van der Waals surface area (Å²) >= 11 is 0. The Balaban J connectivity index is 1.79. The first kappa shape index (κ1) is 47.5. The van der Waals surface area contributed by atoms with Crippen molar-refractivity contribution in [2.75, 3.05) is 67.0 Å². The number of aliphatic hydroxyl groups excluding tert-OH is 1. The molecule has 322 valence electrons. The fourth-order valence-corrected chi connectivity index (χ4v) is 6.37. The summed E-state index contributed by atoms with van der Waals surface area (Å²) in [4.78, 5) is 39.5. The average molecular weight is 842 g/mol. The third kappa shape index (κ3) is 15.1. The first-order chi connectivity index (χ1) is 27.7. The Hall–Kier alpha value is -4.89. The quantitative estimate of drug-likeness (QED) is 0.0349. The zero-order valence-electron chi connectivity index (χ0n) is 33.3. The predicted molar refractivity (Wildman–Crippen MR) is 202 cm³/mol. The molecule has 20 nitrogen and oxygen atoms in total. The van der Waals surface area contributed by atoms with E-state index in [9.17, 15) is 27.9 Å². The molecule has 0 aromatic heterocycles. The van der Waals surface area contributed by atoms with Gasteiger partial charge in [-0.15, -0.1) is 8.42 Å². The molecule has 0 aliphatic carbocycles. The van der Waals surface area contributed by atoms with Crippen LogP contribution in [0.1, 0.15) is 56.5 Å². The summed E-state index contributed by atoms with van der Waals surface area (Å²) in [6.45, 7) is 7.29. The molecule has 1 saturated heterocycles. The van der Waals surface area contributed by atoms with E-state index in [1.807, 2.05) is 0 Å². The standard InChI is InChI=1S/C37H51N3O17S/c1-23-24(2)37(55-35(22-52-25(3)42)36(23)53-26(4)43)54-31-10-9-27(30(44)8-7-12-49-14-16-51-17-15-50-13-11-39-40-38)18-34(31)57-58(45,46)56-28-19-32(47-5)29(21-41)33(20-28)48-6/h9-10,18-20,23-24,35-37,41H,7-8,11-17,21-22H2,1-6H3/t23-,24-,35-,36-,37?/m1/s1. The number of esters is 2. The number of ether oxygens (including phenoxy) is 9. The fraction of sp³-hybridized carbons (Fsp3) is 0.595. The first-order valence-electron chi connectivity index (χ1n) is 18.3. The number of aliphatic hydroxyl groups is 1. The second kappa shape index (κ2) is 24.1. The van der Waals surface area contributed by atoms with Crippen LogP contribution >= 0.6 is 0 Å². The van der Waals surface area contributed by atoms with Crippen molar-refractivity contribution in [3.05, 3.63) is 51.9 Å². The average Bonchev–Trinajstić information content (AvgIpc) is 3.18. The van der Waals surface area contributed by atoms with E-state index < -0.39 is 65.0 Å². The molecule has 2 aromatic carbocycles. The van der Waals surface area contributed by atoms with Crippen LogP contribution in [0.3, 0.4) is 0 Å². The van der Waals surface area contributed by atoms with Gasteiger partial charge in [0.15, 0.2) is 23.0 Å². The Morgan fingerprint density at radius 3 is 2.07 bits per heavy atom. The smallest absolute Gasteiger partial charge is 0.496 e. The summed E-state index contributed by atoms with van der Waals surface area (Å²) in [5.41, 5.74) is 8.58. The molecule has 1 N–H and O–H groups in total. The highest BCUT2D eigenvalue weighted by atomic mass is 32.3. The fourth-order valence-electron chi connectivity index (χ4n) is 5.65. The van der Waals surface area contributed by atoms with E-state index in [0.717, 1.165) is 0 Å². The summed E-state index contributed by atoms with van der Waals surface area (Å²) in [6.07, 6.45) is -2.48. The number of methoxy groups -OCH3 is 2. The lowest BCUT2D eigenvalue weighted by Gasteiger charge is -2.43. The number of ketones is 1. The largest absolute Gasteiger partial charge is 0.501 e. The summed E-state index contributed by atoms with van der Waals surface area (Å²) in [5, 5.41) is 13.1. The third-order valence-corrected chi connectivity index (χ3v) is 9.46. The SMILES string of the molecule is COc1cc(OS(=O)(=O)Oc2cc(C(=O)CCCOCCOCCOCCN=[N+]=[N-])ccc2OC2O[C@H](COC(C)=O)[C@H](OC(C)=O)[C@H](C)[C@H]2C)cc(OC)c1CO. The molecule has 3 rings (SSSR count). The predicted octanol–water partition coefficient (Wildman–Crippen LogP) is 4.09. The minimum Gasteiger partial charge on any atom is -0.496 e. The third-order valence-electron chi connectivity index (χ3n) is 8.68. The molecule has 5 atom stereocenters. The van der Waals surface area contributed by atoms with E-state index in [0.29, 0.717) is 32.8 Å². The Labute approximate surface area is 336 Å². The van der Waals surface area contributed by atoms with Crippen LogP contribution in [0, 0.1) is 11.8 Å². The maximum absolute atomic E-state index is 13.4. The molecular formula is C37H51N3O17S. The molecule has 21 heteroatoms. The van der Waals surface area contributed by atoms with Crippen LogP contribution in [-0.2, 0) is 55.0 Å². The molecule has 1 aliphatic rings. The van der Waals surface area contributed by atoms with Crippen LogP contribution in [0.5, 0.6) is 28.7 Å². The van der Waals surface area contributed by atoms with Gasteiger partial charge in [-0.25, -0.2) is 0 Å². The zero-order chi connectivity index (χ0) is 42.7. The van der Waals surface area contributed by atoms with Crippen LogP contribution in [0.4, 0.5) is 0 Å². The van der Waals surface area contributed by atoms with Gasteiger partial charge in [0.25, 0.3) is 0 Å². The van der Waals surface area contributed by atoms with Crippen LogP contribution < -0.4 is 22.6 Å². The van der Waals surface area contributed by atoms with Crippen molar-refractivity contribution in [2.45, 2.75) is 65.6 Å². The van der Waals surface area contributed by atoms with E-state index in [2.05, 4.69) is 10.0 Å². The summed E-state index contributed by atoms with van der Waals surface area (Å²) in [6, 6.07) is 6.39. The van der Waals surface area contributed by atoms with Gasteiger partial charge in [0.2, 0.25) is 6.29 Å². The summed E-state index contributed by atoms with van der Waals surface area (Å²) in [5.74, 6) is -3.06. The molecule has 0 bridgehead atoms. The molecular weight excluding hydrogens is 790 g/mol. The van der Waals surface area contributed by atoms with Gasteiger partial charge in [0.05, 0.1) is 59.4 Å². The molecule has 0 radical (unpaired) electrons. The van der Waals surface area contributed by atoms with Gasteiger partial charge < -0.3 is 56.1 Å². The van der Waals surface area contributed by atoms with E-state index in [1.54, 1.807) is 13.8 Å². The van der Waals surface area contributed by atoms with Crippen molar-refractivity contribution < 1.29 is 78.9 Å². The Morgan fingerprint density at radius 2 is 1.48 bits per heavy atom. The van der Waals surface area contributed by atoms with Gasteiger partial charge in [-0.1, -0.05) is 19.0 Å². The summed E-state index contributed by atoms with van der Waals surface area (Å²) in [7, 11) is -2.33. The van der Waals surface area contributed by atoms with Crippen molar-refractivity contribution >= 4 is 28.1 Å². The van der Waals surface area contributed by atoms with E-state index in [1.165, 1.54) is 58.4 Å². The van der Waals surface area contributed by atoms with Crippen LogP contribution in [0.2, 0.25) is 0 Å². The van der Waals surface area contributed by atoms with Gasteiger partial charge in [-0.05, 0) is 30.2 Å². The maximum Gasteiger partial charge on any atom is 0.501 e. The Kier molecular flexibility index (Phi) is 19.8. The normalized spacial score (nSPS) is 19.0. The second-order valence-electron chi connectivity index (χ2n) is 12.8. The minimum absolute atomic E-state index is 0.0369. The highest BCUT2D eigenvalue weighted by Gasteiger charge is 2.45. The van der Waals surface area contributed by atoms with Crippen molar-refractivity contribution in [1.29, 1.82) is 0 Å². The van der Waals surface area contributed by atoms with Crippen molar-refractivity contribution in [3.63, 3.8) is 0 Å². The lowest BCUT2D eigenvalue weighted by atomic mass is 9.84. The molecule has 0 amide bonds.